The maximum absolute atomic E-state index is 5.22. The zero-order valence-corrected chi connectivity index (χ0v) is 11.4. The third kappa shape index (κ3) is 3.38. The van der Waals surface area contributed by atoms with Crippen molar-refractivity contribution in [3.8, 4) is 0 Å². The molecule has 3 nitrogen and oxygen atoms in total. The SMILES string of the molecule is C=CCn1ccsc1=NC(=S)Nc1ccccc1. The number of hydrogen-bond donors (Lipinski definition) is 1. The van der Waals surface area contributed by atoms with Crippen molar-refractivity contribution in [1.29, 1.82) is 0 Å². The summed E-state index contributed by atoms with van der Waals surface area (Å²) in [6, 6.07) is 9.77. The Hall–Kier alpha value is -1.72. The van der Waals surface area contributed by atoms with E-state index in [1.54, 1.807) is 11.3 Å². The molecule has 18 heavy (non-hydrogen) atoms. The predicted molar refractivity (Wildman–Crippen MR) is 80.7 cm³/mol. The van der Waals surface area contributed by atoms with E-state index in [9.17, 15) is 0 Å². The summed E-state index contributed by atoms with van der Waals surface area (Å²) in [5.74, 6) is 0. The lowest BCUT2D eigenvalue weighted by Crippen LogP contribution is -2.17. The van der Waals surface area contributed by atoms with E-state index in [1.165, 1.54) is 0 Å². The van der Waals surface area contributed by atoms with Crippen molar-refractivity contribution >= 4 is 34.4 Å². The highest BCUT2D eigenvalue weighted by Crippen LogP contribution is 2.05. The fraction of sp³-hybridized carbons (Fsp3) is 0.0769. The van der Waals surface area contributed by atoms with Gasteiger partial charge in [0, 0.05) is 23.8 Å². The molecule has 0 bridgehead atoms. The molecule has 2 aromatic rings. The van der Waals surface area contributed by atoms with E-state index >= 15 is 0 Å². The van der Waals surface area contributed by atoms with Crippen LogP contribution in [0, 0.1) is 0 Å². The summed E-state index contributed by atoms with van der Waals surface area (Å²) in [7, 11) is 0. The molecule has 0 amide bonds. The summed E-state index contributed by atoms with van der Waals surface area (Å²) < 4.78 is 2.00. The van der Waals surface area contributed by atoms with Crippen LogP contribution >= 0.6 is 23.6 Å². The minimum absolute atomic E-state index is 0.460. The van der Waals surface area contributed by atoms with Crippen LogP contribution in [0.25, 0.3) is 0 Å². The van der Waals surface area contributed by atoms with Gasteiger partial charge in [0.15, 0.2) is 9.91 Å². The molecule has 5 heteroatoms. The molecule has 1 heterocycles. The zero-order chi connectivity index (χ0) is 12.8. The molecule has 1 aromatic heterocycles. The van der Waals surface area contributed by atoms with Crippen molar-refractivity contribution in [3.63, 3.8) is 0 Å². The largest absolute Gasteiger partial charge is 0.331 e. The molecule has 0 unspecified atom stereocenters. The highest BCUT2D eigenvalue weighted by atomic mass is 32.1. The number of benzene rings is 1. The molecule has 92 valence electrons. The number of nitrogens with zero attached hydrogens (tertiary/aromatic N) is 2. The van der Waals surface area contributed by atoms with Gasteiger partial charge in [-0.25, -0.2) is 0 Å². The van der Waals surface area contributed by atoms with Crippen LogP contribution in [0.3, 0.4) is 0 Å². The van der Waals surface area contributed by atoms with Crippen LogP contribution in [0.4, 0.5) is 5.69 Å². The van der Waals surface area contributed by atoms with Crippen molar-refractivity contribution in [2.75, 3.05) is 5.32 Å². The highest BCUT2D eigenvalue weighted by molar-refractivity contribution is 7.80. The molecule has 0 fully saturated rings. The number of nitrogens with one attached hydrogen (secondary N) is 1. The molecule has 0 spiro atoms. The monoisotopic (exact) mass is 275 g/mol. The van der Waals surface area contributed by atoms with E-state index in [4.69, 9.17) is 12.2 Å². The second kappa shape index (κ2) is 6.28. The number of hydrogen-bond acceptors (Lipinski definition) is 2. The topological polar surface area (TPSA) is 29.3 Å². The quantitative estimate of drug-likeness (QED) is 0.689. The van der Waals surface area contributed by atoms with Gasteiger partial charge in [0.05, 0.1) is 0 Å². The van der Waals surface area contributed by atoms with E-state index in [0.717, 1.165) is 17.0 Å². The van der Waals surface area contributed by atoms with Crippen LogP contribution in [0.15, 0.2) is 59.6 Å². The Balaban J connectivity index is 2.15. The first-order chi connectivity index (χ1) is 8.79. The van der Waals surface area contributed by atoms with Crippen molar-refractivity contribution in [1.82, 2.24) is 4.57 Å². The van der Waals surface area contributed by atoms with Crippen molar-refractivity contribution in [2.45, 2.75) is 6.54 Å². The third-order valence-corrected chi connectivity index (χ3v) is 3.20. The van der Waals surface area contributed by atoms with E-state index in [0.29, 0.717) is 5.11 Å². The van der Waals surface area contributed by atoms with Crippen molar-refractivity contribution in [2.24, 2.45) is 4.99 Å². The Kier molecular flexibility index (Phi) is 4.44. The Labute approximate surface area is 115 Å². The molecule has 1 N–H and O–H groups in total. The smallest absolute Gasteiger partial charge is 0.199 e. The van der Waals surface area contributed by atoms with Gasteiger partial charge in [-0.2, -0.15) is 4.99 Å². The summed E-state index contributed by atoms with van der Waals surface area (Å²) in [5.41, 5.74) is 0.943. The standard InChI is InChI=1S/C13H13N3S2/c1-2-8-16-9-10-18-13(16)15-12(17)14-11-6-4-3-5-7-11/h2-7,9-10H,1,8H2,(H,14,17). The van der Waals surface area contributed by atoms with Crippen LogP contribution in [-0.4, -0.2) is 9.68 Å². The number of thiocarbonyl (C=S) groups is 1. The lowest BCUT2D eigenvalue weighted by Gasteiger charge is -2.03. The van der Waals surface area contributed by atoms with Crippen LogP contribution < -0.4 is 10.1 Å². The molecule has 0 atom stereocenters. The van der Waals surface area contributed by atoms with E-state index in [2.05, 4.69) is 16.9 Å². The first-order valence-electron chi connectivity index (χ1n) is 5.45. The summed E-state index contributed by atoms with van der Waals surface area (Å²) in [6.45, 7) is 4.45. The molecule has 0 saturated carbocycles. The average molecular weight is 275 g/mol. The van der Waals surface area contributed by atoms with Crippen LogP contribution in [-0.2, 0) is 6.54 Å². The molecular formula is C13H13N3S2. The fourth-order valence-corrected chi connectivity index (χ4v) is 2.43. The normalized spacial score (nSPS) is 11.2. The Morgan fingerprint density at radius 1 is 1.44 bits per heavy atom. The number of para-hydroxylation sites is 1. The molecular weight excluding hydrogens is 262 g/mol. The first-order valence-corrected chi connectivity index (χ1v) is 6.74. The van der Waals surface area contributed by atoms with Crippen molar-refractivity contribution < 1.29 is 0 Å². The number of anilines is 1. The van der Waals surface area contributed by atoms with Gasteiger partial charge in [-0.1, -0.05) is 24.3 Å². The van der Waals surface area contributed by atoms with E-state index in [1.807, 2.05) is 52.6 Å². The van der Waals surface area contributed by atoms with E-state index < -0.39 is 0 Å². The summed E-state index contributed by atoms with van der Waals surface area (Å²) in [4.78, 5) is 5.25. The van der Waals surface area contributed by atoms with Crippen molar-refractivity contribution in [3.05, 3.63) is 59.4 Å². The lowest BCUT2D eigenvalue weighted by molar-refractivity contribution is 0.794. The number of rotatable bonds is 3. The highest BCUT2D eigenvalue weighted by Gasteiger charge is 1.97. The molecule has 2 rings (SSSR count). The zero-order valence-electron chi connectivity index (χ0n) is 9.74. The number of thiazole rings is 1. The van der Waals surface area contributed by atoms with Crippen LogP contribution in [0.2, 0.25) is 0 Å². The average Bonchev–Trinajstić information content (AvgIpc) is 2.78. The van der Waals surface area contributed by atoms with Gasteiger partial charge in [-0.15, -0.1) is 17.9 Å². The Morgan fingerprint density at radius 3 is 2.94 bits per heavy atom. The van der Waals surface area contributed by atoms with Gasteiger partial charge in [0.25, 0.3) is 0 Å². The minimum Gasteiger partial charge on any atom is -0.331 e. The van der Waals surface area contributed by atoms with Gasteiger partial charge in [0.1, 0.15) is 0 Å². The van der Waals surface area contributed by atoms with Gasteiger partial charge >= 0.3 is 0 Å². The van der Waals surface area contributed by atoms with Gasteiger partial charge in [0.2, 0.25) is 0 Å². The first kappa shape index (κ1) is 12.7. The molecule has 1 aromatic carbocycles. The lowest BCUT2D eigenvalue weighted by atomic mass is 10.3. The Bertz CT molecular complexity index is 596. The molecule has 0 radical (unpaired) electrons. The second-order valence-electron chi connectivity index (χ2n) is 3.53. The fourth-order valence-electron chi connectivity index (χ4n) is 1.42. The van der Waals surface area contributed by atoms with Crippen LogP contribution in [0.1, 0.15) is 0 Å². The van der Waals surface area contributed by atoms with Crippen LogP contribution in [0.5, 0.6) is 0 Å². The molecule has 0 aliphatic rings. The maximum atomic E-state index is 5.22. The van der Waals surface area contributed by atoms with E-state index in [-0.39, 0.29) is 0 Å². The van der Waals surface area contributed by atoms with Gasteiger partial charge < -0.3 is 9.88 Å². The minimum atomic E-state index is 0.460. The summed E-state index contributed by atoms with van der Waals surface area (Å²) in [6.07, 6.45) is 3.80. The summed E-state index contributed by atoms with van der Waals surface area (Å²) >= 11 is 6.77. The second-order valence-corrected chi connectivity index (χ2v) is 4.79. The molecule has 0 saturated heterocycles. The Morgan fingerprint density at radius 2 is 2.22 bits per heavy atom. The van der Waals surface area contributed by atoms with Gasteiger partial charge in [-0.3, -0.25) is 0 Å². The number of allylic oxidation sites excluding steroid dienone is 1. The summed E-state index contributed by atoms with van der Waals surface area (Å²) in [5, 5.41) is 5.52. The number of aromatic nitrogens is 1. The third-order valence-electron chi connectivity index (χ3n) is 2.21. The molecule has 0 aliphatic heterocycles. The van der Waals surface area contributed by atoms with Gasteiger partial charge in [-0.05, 0) is 24.4 Å². The predicted octanol–water partition coefficient (Wildman–Crippen LogP) is 3.03. The maximum Gasteiger partial charge on any atom is 0.199 e. The molecule has 0 aliphatic carbocycles.